The van der Waals surface area contributed by atoms with Crippen LogP contribution in [0.5, 0.6) is 0 Å². The number of hydrogen-bond donors (Lipinski definition) is 0. The first-order chi connectivity index (χ1) is 8.69. The molecule has 0 saturated heterocycles. The number of carbonyl (C=O) groups is 1. The zero-order valence-electron chi connectivity index (χ0n) is 10.0. The number of rotatable bonds is 4. The summed E-state index contributed by atoms with van der Waals surface area (Å²) in [5.74, 6) is -0.0134. The molecular weight excluding hydrogens is 292 g/mol. The maximum Gasteiger partial charge on any atom is 0.185 e. The highest BCUT2D eigenvalue weighted by molar-refractivity contribution is 9.10. The number of nitrogens with zero attached hydrogens (tertiary/aromatic N) is 2. The third kappa shape index (κ3) is 3.17. The van der Waals surface area contributed by atoms with E-state index < -0.39 is 0 Å². The van der Waals surface area contributed by atoms with Crippen molar-refractivity contribution in [1.82, 2.24) is 9.78 Å². The number of hydrogen-bond acceptors (Lipinski definition) is 2. The summed E-state index contributed by atoms with van der Waals surface area (Å²) < 4.78 is 2.73. The van der Waals surface area contributed by atoms with E-state index in [1.54, 1.807) is 24.4 Å². The monoisotopic (exact) mass is 304 g/mol. The third-order valence-corrected chi connectivity index (χ3v) is 3.01. The number of halogens is 1. The van der Waals surface area contributed by atoms with Gasteiger partial charge in [0, 0.05) is 28.3 Å². The molecule has 4 heteroatoms. The second-order valence-corrected chi connectivity index (χ2v) is 4.75. The fourth-order valence-corrected chi connectivity index (χ4v) is 1.95. The second-order valence-electron chi connectivity index (χ2n) is 3.84. The Morgan fingerprint density at radius 3 is 3.00 bits per heavy atom. The molecule has 1 aromatic carbocycles. The van der Waals surface area contributed by atoms with Crippen LogP contribution in [-0.4, -0.2) is 15.6 Å². The van der Waals surface area contributed by atoms with Crippen molar-refractivity contribution in [3.05, 3.63) is 58.3 Å². The highest BCUT2D eigenvalue weighted by Crippen LogP contribution is 2.13. The predicted octanol–water partition coefficient (Wildman–Crippen LogP) is 3.56. The van der Waals surface area contributed by atoms with Crippen LogP contribution in [0.2, 0.25) is 0 Å². The van der Waals surface area contributed by atoms with Gasteiger partial charge in [-0.05, 0) is 31.2 Å². The van der Waals surface area contributed by atoms with Crippen LogP contribution in [0.15, 0.2) is 47.2 Å². The van der Waals surface area contributed by atoms with Gasteiger partial charge in [0.15, 0.2) is 5.78 Å². The minimum Gasteiger partial charge on any atom is -0.289 e. The summed E-state index contributed by atoms with van der Waals surface area (Å²) in [6.07, 6.45) is 7.00. The lowest BCUT2D eigenvalue weighted by molar-refractivity contribution is 0.104. The molecule has 1 heterocycles. The highest BCUT2D eigenvalue weighted by Gasteiger charge is 2.02. The van der Waals surface area contributed by atoms with E-state index in [9.17, 15) is 4.79 Å². The number of benzene rings is 1. The normalized spacial score (nSPS) is 11.0. The van der Waals surface area contributed by atoms with Gasteiger partial charge in [-0.2, -0.15) is 5.10 Å². The van der Waals surface area contributed by atoms with Crippen LogP contribution in [-0.2, 0) is 6.54 Å². The van der Waals surface area contributed by atoms with Crippen LogP contribution < -0.4 is 0 Å². The number of carbonyl (C=O) groups excluding carboxylic acids is 1. The molecule has 18 heavy (non-hydrogen) atoms. The topological polar surface area (TPSA) is 34.9 Å². The molecule has 0 saturated carbocycles. The molecule has 0 radical (unpaired) electrons. The van der Waals surface area contributed by atoms with Crippen LogP contribution >= 0.6 is 15.9 Å². The van der Waals surface area contributed by atoms with Gasteiger partial charge in [0.25, 0.3) is 0 Å². The molecule has 3 nitrogen and oxygen atoms in total. The first kappa shape index (κ1) is 12.8. The molecule has 0 fully saturated rings. The molecule has 0 aliphatic heterocycles. The molecule has 0 spiro atoms. The third-order valence-electron chi connectivity index (χ3n) is 2.51. The van der Waals surface area contributed by atoms with E-state index >= 15 is 0 Å². The van der Waals surface area contributed by atoms with Crippen molar-refractivity contribution in [3.8, 4) is 0 Å². The summed E-state index contributed by atoms with van der Waals surface area (Å²) in [6.45, 7) is 2.85. The minimum absolute atomic E-state index is 0.0134. The van der Waals surface area contributed by atoms with Crippen molar-refractivity contribution < 1.29 is 4.79 Å². The van der Waals surface area contributed by atoms with Crippen LogP contribution in [0.4, 0.5) is 0 Å². The van der Waals surface area contributed by atoms with Gasteiger partial charge in [-0.1, -0.05) is 28.1 Å². The van der Waals surface area contributed by atoms with Gasteiger partial charge in [-0.15, -0.1) is 0 Å². The van der Waals surface area contributed by atoms with Crippen molar-refractivity contribution in [2.24, 2.45) is 0 Å². The van der Waals surface area contributed by atoms with Crippen molar-refractivity contribution in [2.45, 2.75) is 13.5 Å². The summed E-state index contributed by atoms with van der Waals surface area (Å²) in [5.41, 5.74) is 1.60. The molecule has 0 atom stereocenters. The van der Waals surface area contributed by atoms with Crippen LogP contribution in [0.1, 0.15) is 22.8 Å². The zero-order valence-corrected chi connectivity index (χ0v) is 11.6. The molecule has 2 rings (SSSR count). The molecule has 0 amide bonds. The van der Waals surface area contributed by atoms with Crippen LogP contribution in [0, 0.1) is 0 Å². The lowest BCUT2D eigenvalue weighted by Gasteiger charge is -1.95. The average molecular weight is 305 g/mol. The summed E-state index contributed by atoms with van der Waals surface area (Å²) in [7, 11) is 0. The number of aromatic nitrogens is 2. The Balaban J connectivity index is 2.11. The maximum atomic E-state index is 11.9. The summed E-state index contributed by atoms with van der Waals surface area (Å²) >= 11 is 3.35. The molecule has 0 unspecified atom stereocenters. The van der Waals surface area contributed by atoms with Gasteiger partial charge in [0.05, 0.1) is 6.20 Å². The molecule has 2 aromatic rings. The highest BCUT2D eigenvalue weighted by atomic mass is 79.9. The largest absolute Gasteiger partial charge is 0.289 e. The van der Waals surface area contributed by atoms with Gasteiger partial charge in [0.1, 0.15) is 0 Å². The molecule has 0 bridgehead atoms. The first-order valence-corrected chi connectivity index (χ1v) is 6.49. The second kappa shape index (κ2) is 5.78. The van der Waals surface area contributed by atoms with Crippen molar-refractivity contribution >= 4 is 27.8 Å². The summed E-state index contributed by atoms with van der Waals surface area (Å²) in [6, 6.07) is 7.35. The van der Waals surface area contributed by atoms with Gasteiger partial charge < -0.3 is 0 Å². The number of aryl methyl sites for hydroxylation is 1. The predicted molar refractivity (Wildman–Crippen MR) is 75.4 cm³/mol. The Morgan fingerprint density at radius 1 is 1.50 bits per heavy atom. The fourth-order valence-electron chi connectivity index (χ4n) is 1.55. The molecular formula is C14H13BrN2O. The van der Waals surface area contributed by atoms with E-state index in [1.165, 1.54) is 0 Å². The molecule has 0 aliphatic rings. The maximum absolute atomic E-state index is 11.9. The Morgan fingerprint density at radius 2 is 2.33 bits per heavy atom. The van der Waals surface area contributed by atoms with E-state index in [-0.39, 0.29) is 5.78 Å². The van der Waals surface area contributed by atoms with E-state index in [2.05, 4.69) is 21.0 Å². The van der Waals surface area contributed by atoms with Crippen molar-refractivity contribution in [1.29, 1.82) is 0 Å². The number of ketones is 1. The van der Waals surface area contributed by atoms with Crippen molar-refractivity contribution in [2.75, 3.05) is 0 Å². The van der Waals surface area contributed by atoms with Gasteiger partial charge >= 0.3 is 0 Å². The molecule has 0 N–H and O–H groups in total. The van der Waals surface area contributed by atoms with Crippen LogP contribution in [0.3, 0.4) is 0 Å². The Bertz CT molecular complexity index is 587. The van der Waals surface area contributed by atoms with Gasteiger partial charge in [-0.3, -0.25) is 9.48 Å². The van der Waals surface area contributed by atoms with E-state index in [4.69, 9.17) is 0 Å². The molecule has 0 aliphatic carbocycles. The summed E-state index contributed by atoms with van der Waals surface area (Å²) in [5, 5.41) is 4.15. The standard InChI is InChI=1S/C14H13BrN2O/c1-2-17-10-11(9-16-17)6-7-14(18)12-4-3-5-13(15)8-12/h3-10H,2H2,1H3. The number of allylic oxidation sites excluding steroid dienone is 1. The first-order valence-electron chi connectivity index (χ1n) is 5.69. The SMILES string of the molecule is CCn1cc(C=CC(=O)c2cccc(Br)c2)cn1. The quantitative estimate of drug-likeness (QED) is 0.639. The Hall–Kier alpha value is -1.68. The Labute approximate surface area is 114 Å². The Kier molecular flexibility index (Phi) is 4.10. The average Bonchev–Trinajstić information content (AvgIpc) is 2.84. The lowest BCUT2D eigenvalue weighted by Crippen LogP contribution is -1.93. The van der Waals surface area contributed by atoms with Crippen molar-refractivity contribution in [3.63, 3.8) is 0 Å². The van der Waals surface area contributed by atoms with E-state index in [0.717, 1.165) is 16.6 Å². The van der Waals surface area contributed by atoms with E-state index in [0.29, 0.717) is 5.56 Å². The van der Waals surface area contributed by atoms with Gasteiger partial charge in [-0.25, -0.2) is 0 Å². The fraction of sp³-hybridized carbons (Fsp3) is 0.143. The van der Waals surface area contributed by atoms with Gasteiger partial charge in [0.2, 0.25) is 0 Å². The zero-order chi connectivity index (χ0) is 13.0. The summed E-state index contributed by atoms with van der Waals surface area (Å²) in [4.78, 5) is 11.9. The molecule has 1 aromatic heterocycles. The van der Waals surface area contributed by atoms with E-state index in [1.807, 2.05) is 36.0 Å². The molecule has 92 valence electrons. The smallest absolute Gasteiger partial charge is 0.185 e. The van der Waals surface area contributed by atoms with Crippen LogP contribution in [0.25, 0.3) is 6.08 Å². The minimum atomic E-state index is -0.0134. The lowest BCUT2D eigenvalue weighted by atomic mass is 10.1.